The topological polar surface area (TPSA) is 75.4 Å². The predicted molar refractivity (Wildman–Crippen MR) is 87.8 cm³/mol. The van der Waals surface area contributed by atoms with Gasteiger partial charge < -0.3 is 10.6 Å². The normalized spacial score (nSPS) is 16.2. The number of hydrogen-bond donors (Lipinski definition) is 2. The van der Waals surface area contributed by atoms with Gasteiger partial charge in [0.15, 0.2) is 0 Å². The molecule has 0 saturated carbocycles. The van der Waals surface area contributed by atoms with Crippen LogP contribution in [-0.4, -0.2) is 44.5 Å². The number of benzene rings is 1. The first-order valence-corrected chi connectivity index (χ1v) is 9.00. The predicted octanol–water partition coefficient (Wildman–Crippen LogP) is 1.08. The third kappa shape index (κ3) is 4.74. The molecule has 5 nitrogen and oxygen atoms in total. The van der Waals surface area contributed by atoms with Crippen molar-refractivity contribution in [1.82, 2.24) is 9.62 Å². The highest BCUT2D eigenvalue weighted by atomic mass is 32.2. The van der Waals surface area contributed by atoms with E-state index in [4.69, 9.17) is 18.0 Å². The number of nitrogens with zero attached hydrogens (tertiary/aromatic N) is 1. The summed E-state index contributed by atoms with van der Waals surface area (Å²) in [5.74, 6) is 0. The Morgan fingerprint density at radius 2 is 1.86 bits per heavy atom. The van der Waals surface area contributed by atoms with E-state index in [0.717, 1.165) is 26.1 Å². The second-order valence-corrected chi connectivity index (χ2v) is 7.40. The smallest absolute Gasteiger partial charge is 0.240 e. The number of sulfonamides is 1. The van der Waals surface area contributed by atoms with Crippen LogP contribution in [0.15, 0.2) is 29.2 Å². The van der Waals surface area contributed by atoms with Gasteiger partial charge in [0.05, 0.1) is 4.90 Å². The van der Waals surface area contributed by atoms with Crippen LogP contribution >= 0.6 is 12.2 Å². The second-order valence-electron chi connectivity index (χ2n) is 5.19. The number of nitrogens with two attached hydrogens (primary N) is 1. The summed E-state index contributed by atoms with van der Waals surface area (Å²) < 4.78 is 26.9. The minimum absolute atomic E-state index is 0.240. The molecule has 1 aromatic rings. The first kappa shape index (κ1) is 16.4. The summed E-state index contributed by atoms with van der Waals surface area (Å²) in [6, 6.07) is 6.30. The Balaban J connectivity index is 1.84. The molecule has 0 aliphatic carbocycles. The molecule has 7 heteroatoms. The maximum atomic E-state index is 12.1. The van der Waals surface area contributed by atoms with E-state index in [1.54, 1.807) is 12.1 Å². The van der Waals surface area contributed by atoms with Crippen LogP contribution in [0.2, 0.25) is 0 Å². The van der Waals surface area contributed by atoms with Crippen LogP contribution in [0.25, 0.3) is 0 Å². The second kappa shape index (κ2) is 7.31. The fourth-order valence-corrected chi connectivity index (χ4v) is 3.61. The molecule has 116 valence electrons. The third-order valence-electron chi connectivity index (χ3n) is 3.59. The number of likely N-dealkylation sites (tertiary alicyclic amines) is 1. The minimum Gasteiger partial charge on any atom is -0.389 e. The van der Waals surface area contributed by atoms with Crippen molar-refractivity contribution >= 4 is 27.2 Å². The third-order valence-corrected chi connectivity index (χ3v) is 5.30. The van der Waals surface area contributed by atoms with Crippen LogP contribution in [0.3, 0.4) is 0 Å². The van der Waals surface area contributed by atoms with E-state index in [9.17, 15) is 8.42 Å². The van der Waals surface area contributed by atoms with Gasteiger partial charge in [-0.25, -0.2) is 13.1 Å². The molecule has 21 heavy (non-hydrogen) atoms. The van der Waals surface area contributed by atoms with Gasteiger partial charge in [0.2, 0.25) is 10.0 Å². The highest BCUT2D eigenvalue weighted by molar-refractivity contribution is 7.89. The van der Waals surface area contributed by atoms with Crippen LogP contribution in [0.1, 0.15) is 24.8 Å². The summed E-state index contributed by atoms with van der Waals surface area (Å²) in [4.78, 5) is 2.87. The lowest BCUT2D eigenvalue weighted by Gasteiger charge is -2.14. The van der Waals surface area contributed by atoms with Gasteiger partial charge >= 0.3 is 0 Å². The van der Waals surface area contributed by atoms with Crippen LogP contribution < -0.4 is 10.5 Å². The van der Waals surface area contributed by atoms with E-state index in [2.05, 4.69) is 9.62 Å². The molecule has 1 heterocycles. The largest absolute Gasteiger partial charge is 0.389 e. The van der Waals surface area contributed by atoms with E-state index in [0.29, 0.717) is 12.1 Å². The zero-order valence-corrected chi connectivity index (χ0v) is 13.5. The fraction of sp³-hybridized carbons (Fsp3) is 0.500. The van der Waals surface area contributed by atoms with Crippen LogP contribution in [-0.2, 0) is 10.0 Å². The number of hydrogen-bond acceptors (Lipinski definition) is 4. The van der Waals surface area contributed by atoms with Crippen molar-refractivity contribution in [1.29, 1.82) is 0 Å². The first-order chi connectivity index (χ1) is 9.99. The number of nitrogens with one attached hydrogen (secondary N) is 1. The van der Waals surface area contributed by atoms with Gasteiger partial charge in [-0.1, -0.05) is 24.4 Å². The molecule has 0 atom stereocenters. The van der Waals surface area contributed by atoms with Gasteiger partial charge in [0.25, 0.3) is 0 Å². The van der Waals surface area contributed by atoms with Crippen molar-refractivity contribution < 1.29 is 8.42 Å². The van der Waals surface area contributed by atoms with E-state index in [1.807, 2.05) is 0 Å². The fourth-order valence-electron chi connectivity index (χ4n) is 2.40. The van der Waals surface area contributed by atoms with Crippen LogP contribution in [0.4, 0.5) is 0 Å². The summed E-state index contributed by atoms with van der Waals surface area (Å²) in [5, 5.41) is 0. The van der Waals surface area contributed by atoms with Crippen molar-refractivity contribution in [2.24, 2.45) is 5.73 Å². The quantitative estimate of drug-likeness (QED) is 0.579. The maximum absolute atomic E-state index is 12.1. The average Bonchev–Trinajstić information content (AvgIpc) is 2.97. The lowest BCUT2D eigenvalue weighted by atomic mass is 10.2. The molecule has 1 fully saturated rings. The summed E-state index contributed by atoms with van der Waals surface area (Å²) in [6.07, 6.45) is 3.33. The van der Waals surface area contributed by atoms with E-state index >= 15 is 0 Å². The van der Waals surface area contributed by atoms with Crippen LogP contribution in [0, 0.1) is 0 Å². The molecule has 0 bridgehead atoms. The summed E-state index contributed by atoms with van der Waals surface area (Å²) in [5.41, 5.74) is 6.16. The number of rotatable bonds is 7. The van der Waals surface area contributed by atoms with Gasteiger partial charge in [-0.2, -0.15) is 0 Å². The molecule has 2 rings (SSSR count). The minimum atomic E-state index is -3.45. The summed E-state index contributed by atoms with van der Waals surface area (Å²) in [6.45, 7) is 3.67. The number of thiocarbonyl (C=S) groups is 1. The standard InChI is InChI=1S/C14H21N3O2S2/c15-14(20)12-4-6-13(7-5-12)21(18,19)16-8-3-11-17-9-1-2-10-17/h4-7,16H,1-3,8-11H2,(H2,15,20). The molecular formula is C14H21N3O2S2. The highest BCUT2D eigenvalue weighted by Gasteiger charge is 2.14. The van der Waals surface area contributed by atoms with Crippen molar-refractivity contribution in [3.8, 4) is 0 Å². The zero-order chi connectivity index (χ0) is 15.3. The van der Waals surface area contributed by atoms with Gasteiger partial charge in [-0.3, -0.25) is 0 Å². The molecule has 1 saturated heterocycles. The van der Waals surface area contributed by atoms with Gasteiger partial charge in [0, 0.05) is 12.1 Å². The molecule has 0 radical (unpaired) electrons. The molecular weight excluding hydrogens is 306 g/mol. The Bertz CT molecular complexity index is 579. The Labute approximate surface area is 131 Å². The highest BCUT2D eigenvalue weighted by Crippen LogP contribution is 2.11. The molecule has 0 unspecified atom stereocenters. The molecule has 0 aromatic heterocycles. The Hall–Kier alpha value is -1.02. The zero-order valence-electron chi connectivity index (χ0n) is 11.9. The Morgan fingerprint density at radius 3 is 2.43 bits per heavy atom. The molecule has 1 aliphatic rings. The van der Waals surface area contributed by atoms with Crippen molar-refractivity contribution in [3.63, 3.8) is 0 Å². The lowest BCUT2D eigenvalue weighted by Crippen LogP contribution is -2.28. The SMILES string of the molecule is NC(=S)c1ccc(S(=O)(=O)NCCCN2CCCC2)cc1. The van der Waals surface area contributed by atoms with Crippen molar-refractivity contribution in [2.45, 2.75) is 24.2 Å². The molecule has 1 aliphatic heterocycles. The van der Waals surface area contributed by atoms with E-state index in [1.165, 1.54) is 25.0 Å². The summed E-state index contributed by atoms with van der Waals surface area (Å²) in [7, 11) is -3.45. The Kier molecular flexibility index (Phi) is 5.69. The van der Waals surface area contributed by atoms with Crippen LogP contribution in [0.5, 0.6) is 0 Å². The molecule has 1 aromatic carbocycles. The lowest BCUT2D eigenvalue weighted by molar-refractivity contribution is 0.334. The van der Waals surface area contributed by atoms with Crippen molar-refractivity contribution in [2.75, 3.05) is 26.2 Å². The maximum Gasteiger partial charge on any atom is 0.240 e. The molecule has 0 amide bonds. The monoisotopic (exact) mass is 327 g/mol. The Morgan fingerprint density at radius 1 is 1.24 bits per heavy atom. The first-order valence-electron chi connectivity index (χ1n) is 7.11. The summed E-state index contributed by atoms with van der Waals surface area (Å²) >= 11 is 4.84. The van der Waals surface area contributed by atoms with Crippen molar-refractivity contribution in [3.05, 3.63) is 29.8 Å². The van der Waals surface area contributed by atoms with Gasteiger partial charge in [-0.15, -0.1) is 0 Å². The van der Waals surface area contributed by atoms with Gasteiger partial charge in [-0.05, 0) is 51.0 Å². The molecule has 0 spiro atoms. The van der Waals surface area contributed by atoms with E-state index in [-0.39, 0.29) is 9.88 Å². The molecule has 3 N–H and O–H groups in total. The van der Waals surface area contributed by atoms with E-state index < -0.39 is 10.0 Å². The average molecular weight is 327 g/mol. The van der Waals surface area contributed by atoms with Gasteiger partial charge in [0.1, 0.15) is 4.99 Å².